The lowest BCUT2D eigenvalue weighted by Crippen LogP contribution is -2.25. The zero-order valence-electron chi connectivity index (χ0n) is 10.7. The summed E-state index contributed by atoms with van der Waals surface area (Å²) in [6.07, 6.45) is 4.20. The van der Waals surface area contributed by atoms with Gasteiger partial charge in [0.1, 0.15) is 0 Å². The maximum atomic E-state index is 5.74. The van der Waals surface area contributed by atoms with E-state index in [1.807, 2.05) is 0 Å². The first-order chi connectivity index (χ1) is 8.23. The van der Waals surface area contributed by atoms with Crippen LogP contribution in [0.3, 0.4) is 0 Å². The predicted molar refractivity (Wildman–Crippen MR) is 67.8 cm³/mol. The standard InChI is InChI=1S/C12H21N5/c1-3-9-10(4-2)16-17-11(15-9)14-8-12(7-13)5-6-12/h3-8,13H2,1-2H3,(H,14,15,17). The van der Waals surface area contributed by atoms with Crippen LogP contribution in [0.15, 0.2) is 0 Å². The molecule has 5 heteroatoms. The minimum absolute atomic E-state index is 0.291. The molecule has 0 saturated heterocycles. The highest BCUT2D eigenvalue weighted by Gasteiger charge is 2.41. The van der Waals surface area contributed by atoms with Crippen LogP contribution in [-0.2, 0) is 12.8 Å². The molecule has 5 nitrogen and oxygen atoms in total. The van der Waals surface area contributed by atoms with Gasteiger partial charge in [0.2, 0.25) is 5.95 Å². The average molecular weight is 235 g/mol. The molecule has 2 rings (SSSR count). The van der Waals surface area contributed by atoms with Gasteiger partial charge < -0.3 is 11.1 Å². The summed E-state index contributed by atoms with van der Waals surface area (Å²) in [5.74, 6) is 0.638. The van der Waals surface area contributed by atoms with Gasteiger partial charge >= 0.3 is 0 Å². The minimum Gasteiger partial charge on any atom is -0.352 e. The van der Waals surface area contributed by atoms with Gasteiger partial charge in [-0.1, -0.05) is 13.8 Å². The highest BCUT2D eigenvalue weighted by atomic mass is 15.2. The highest BCUT2D eigenvalue weighted by Crippen LogP contribution is 2.44. The van der Waals surface area contributed by atoms with E-state index >= 15 is 0 Å². The molecular weight excluding hydrogens is 214 g/mol. The summed E-state index contributed by atoms with van der Waals surface area (Å²) in [7, 11) is 0. The molecule has 0 bridgehead atoms. The summed E-state index contributed by atoms with van der Waals surface area (Å²) in [6.45, 7) is 5.77. The molecule has 1 aromatic heterocycles. The molecule has 0 aromatic carbocycles. The first kappa shape index (κ1) is 12.2. The normalized spacial score (nSPS) is 16.9. The molecule has 0 unspecified atom stereocenters. The lowest BCUT2D eigenvalue weighted by Gasteiger charge is -2.13. The predicted octanol–water partition coefficient (Wildman–Crippen LogP) is 1.15. The maximum Gasteiger partial charge on any atom is 0.242 e. The van der Waals surface area contributed by atoms with Crippen molar-refractivity contribution in [3.05, 3.63) is 11.4 Å². The molecule has 0 atom stereocenters. The Morgan fingerprint density at radius 2 is 1.88 bits per heavy atom. The van der Waals surface area contributed by atoms with Crippen molar-refractivity contribution in [1.29, 1.82) is 0 Å². The zero-order chi connectivity index (χ0) is 12.3. The fraction of sp³-hybridized carbons (Fsp3) is 0.750. The molecule has 1 saturated carbocycles. The van der Waals surface area contributed by atoms with E-state index in [1.165, 1.54) is 12.8 Å². The molecule has 1 aromatic rings. The van der Waals surface area contributed by atoms with E-state index in [4.69, 9.17) is 5.73 Å². The topological polar surface area (TPSA) is 76.7 Å². The van der Waals surface area contributed by atoms with Gasteiger partial charge in [0.25, 0.3) is 0 Å². The molecule has 1 aliphatic carbocycles. The second kappa shape index (κ2) is 4.96. The minimum atomic E-state index is 0.291. The first-order valence-electron chi connectivity index (χ1n) is 6.39. The molecule has 0 aliphatic heterocycles. The summed E-state index contributed by atoms with van der Waals surface area (Å²) in [5, 5.41) is 11.6. The summed E-state index contributed by atoms with van der Waals surface area (Å²) in [6, 6.07) is 0. The third-order valence-electron chi connectivity index (χ3n) is 3.52. The Kier molecular flexibility index (Phi) is 3.57. The second-order valence-corrected chi connectivity index (χ2v) is 4.79. The number of nitrogens with zero attached hydrogens (tertiary/aromatic N) is 3. The number of anilines is 1. The fourth-order valence-electron chi connectivity index (χ4n) is 1.91. The third-order valence-corrected chi connectivity index (χ3v) is 3.52. The Balaban J connectivity index is 2.01. The van der Waals surface area contributed by atoms with Crippen LogP contribution in [0.25, 0.3) is 0 Å². The van der Waals surface area contributed by atoms with Crippen LogP contribution in [0.1, 0.15) is 38.1 Å². The smallest absolute Gasteiger partial charge is 0.242 e. The zero-order valence-corrected chi connectivity index (χ0v) is 10.7. The van der Waals surface area contributed by atoms with Gasteiger partial charge in [-0.25, -0.2) is 4.98 Å². The number of aryl methyl sites for hydroxylation is 2. The van der Waals surface area contributed by atoms with E-state index in [2.05, 4.69) is 34.3 Å². The Morgan fingerprint density at radius 1 is 1.18 bits per heavy atom. The van der Waals surface area contributed by atoms with Crippen LogP contribution >= 0.6 is 0 Å². The van der Waals surface area contributed by atoms with Crippen molar-refractivity contribution in [1.82, 2.24) is 15.2 Å². The van der Waals surface area contributed by atoms with Crippen molar-refractivity contribution in [3.63, 3.8) is 0 Å². The molecule has 1 aliphatic rings. The van der Waals surface area contributed by atoms with E-state index in [0.29, 0.717) is 11.4 Å². The van der Waals surface area contributed by atoms with Crippen molar-refractivity contribution in [2.75, 3.05) is 18.4 Å². The summed E-state index contributed by atoms with van der Waals surface area (Å²) >= 11 is 0. The number of rotatable bonds is 6. The van der Waals surface area contributed by atoms with E-state index in [9.17, 15) is 0 Å². The van der Waals surface area contributed by atoms with Crippen LogP contribution < -0.4 is 11.1 Å². The van der Waals surface area contributed by atoms with Gasteiger partial charge in [-0.05, 0) is 32.2 Å². The van der Waals surface area contributed by atoms with E-state index in [0.717, 1.165) is 37.3 Å². The van der Waals surface area contributed by atoms with Crippen molar-refractivity contribution in [3.8, 4) is 0 Å². The van der Waals surface area contributed by atoms with Crippen molar-refractivity contribution < 1.29 is 0 Å². The van der Waals surface area contributed by atoms with Gasteiger partial charge in [-0.2, -0.15) is 5.10 Å². The fourth-order valence-corrected chi connectivity index (χ4v) is 1.91. The van der Waals surface area contributed by atoms with E-state index in [-0.39, 0.29) is 0 Å². The van der Waals surface area contributed by atoms with Crippen LogP contribution in [-0.4, -0.2) is 28.3 Å². The SMILES string of the molecule is CCc1nnc(NCC2(CN)CC2)nc1CC. The largest absolute Gasteiger partial charge is 0.352 e. The van der Waals surface area contributed by atoms with E-state index < -0.39 is 0 Å². The van der Waals surface area contributed by atoms with Gasteiger partial charge in [0.05, 0.1) is 11.4 Å². The summed E-state index contributed by atoms with van der Waals surface area (Å²) in [4.78, 5) is 4.50. The van der Waals surface area contributed by atoms with Crippen LogP contribution in [0.5, 0.6) is 0 Å². The Labute approximate surface area is 102 Å². The van der Waals surface area contributed by atoms with Crippen molar-refractivity contribution >= 4 is 5.95 Å². The lowest BCUT2D eigenvalue weighted by molar-refractivity contribution is 0.552. The molecule has 3 N–H and O–H groups in total. The molecule has 1 fully saturated rings. The number of nitrogens with one attached hydrogen (secondary N) is 1. The molecule has 17 heavy (non-hydrogen) atoms. The van der Waals surface area contributed by atoms with E-state index in [1.54, 1.807) is 0 Å². The quantitative estimate of drug-likeness (QED) is 0.773. The van der Waals surface area contributed by atoms with Crippen LogP contribution in [0.2, 0.25) is 0 Å². The summed E-state index contributed by atoms with van der Waals surface area (Å²) in [5.41, 5.74) is 8.07. The summed E-state index contributed by atoms with van der Waals surface area (Å²) < 4.78 is 0. The van der Waals surface area contributed by atoms with Gasteiger partial charge in [0.15, 0.2) is 0 Å². The molecule has 0 amide bonds. The molecule has 94 valence electrons. The number of aromatic nitrogens is 3. The Bertz CT molecular complexity index is 386. The van der Waals surface area contributed by atoms with Crippen molar-refractivity contribution in [2.45, 2.75) is 39.5 Å². The van der Waals surface area contributed by atoms with Crippen LogP contribution in [0, 0.1) is 5.41 Å². The van der Waals surface area contributed by atoms with Crippen LogP contribution in [0.4, 0.5) is 5.95 Å². The lowest BCUT2D eigenvalue weighted by atomic mass is 10.1. The average Bonchev–Trinajstić information content (AvgIpc) is 3.16. The maximum absolute atomic E-state index is 5.74. The molecule has 0 spiro atoms. The second-order valence-electron chi connectivity index (χ2n) is 4.79. The number of nitrogens with two attached hydrogens (primary N) is 1. The number of hydrogen-bond acceptors (Lipinski definition) is 5. The third kappa shape index (κ3) is 2.72. The molecular formula is C12H21N5. The van der Waals surface area contributed by atoms with Gasteiger partial charge in [-0.3, -0.25) is 0 Å². The monoisotopic (exact) mass is 235 g/mol. The number of hydrogen-bond donors (Lipinski definition) is 2. The molecule has 1 heterocycles. The Hall–Kier alpha value is -1.23. The van der Waals surface area contributed by atoms with Crippen molar-refractivity contribution in [2.24, 2.45) is 11.1 Å². The van der Waals surface area contributed by atoms with Gasteiger partial charge in [0, 0.05) is 12.0 Å². The highest BCUT2D eigenvalue weighted by molar-refractivity contribution is 5.27. The van der Waals surface area contributed by atoms with Gasteiger partial charge in [-0.15, -0.1) is 5.10 Å². The Morgan fingerprint density at radius 3 is 2.41 bits per heavy atom. The molecule has 0 radical (unpaired) electrons. The first-order valence-corrected chi connectivity index (χ1v) is 6.39.